The number of nitrogens with zero attached hydrogens (tertiary/aromatic N) is 2. The van der Waals surface area contributed by atoms with Crippen LogP contribution in [-0.4, -0.2) is 27.7 Å². The Morgan fingerprint density at radius 3 is 3.00 bits per heavy atom. The summed E-state index contributed by atoms with van der Waals surface area (Å²) >= 11 is 0. The van der Waals surface area contributed by atoms with Crippen LogP contribution in [0.15, 0.2) is 18.6 Å². The van der Waals surface area contributed by atoms with Gasteiger partial charge in [0, 0.05) is 12.4 Å². The lowest BCUT2D eigenvalue weighted by Crippen LogP contribution is -2.12. The van der Waals surface area contributed by atoms with Gasteiger partial charge in [0.25, 0.3) is 0 Å². The van der Waals surface area contributed by atoms with Crippen LogP contribution < -0.4 is 4.74 Å². The molecule has 0 amide bonds. The van der Waals surface area contributed by atoms with Gasteiger partial charge in [0.1, 0.15) is 6.61 Å². The standard InChI is InChI=1S/C6H6N2O3/c9-4-6(10)11-5-3-7-1-2-8-5/h1-3,9H,4H2. The maximum absolute atomic E-state index is 10.4. The molecule has 1 N–H and O–H groups in total. The maximum Gasteiger partial charge on any atom is 0.338 e. The van der Waals surface area contributed by atoms with E-state index in [-0.39, 0.29) is 5.88 Å². The molecule has 5 nitrogen and oxygen atoms in total. The number of esters is 1. The van der Waals surface area contributed by atoms with Crippen molar-refractivity contribution < 1.29 is 14.6 Å². The molecule has 11 heavy (non-hydrogen) atoms. The first-order valence-electron chi connectivity index (χ1n) is 2.90. The zero-order valence-electron chi connectivity index (χ0n) is 5.60. The number of carbonyl (C=O) groups excluding carboxylic acids is 1. The highest BCUT2D eigenvalue weighted by molar-refractivity contribution is 5.72. The molecule has 5 heteroatoms. The Hall–Kier alpha value is -1.49. The topological polar surface area (TPSA) is 72.3 Å². The molecular weight excluding hydrogens is 148 g/mol. The van der Waals surface area contributed by atoms with Crippen LogP contribution in [0.4, 0.5) is 0 Å². The van der Waals surface area contributed by atoms with Gasteiger partial charge in [-0.25, -0.2) is 9.78 Å². The predicted molar refractivity (Wildman–Crippen MR) is 34.8 cm³/mol. The number of hydrogen-bond acceptors (Lipinski definition) is 5. The quantitative estimate of drug-likeness (QED) is 0.574. The fraction of sp³-hybridized carbons (Fsp3) is 0.167. The van der Waals surface area contributed by atoms with Crippen LogP contribution in [0.2, 0.25) is 0 Å². The number of ether oxygens (including phenoxy) is 1. The van der Waals surface area contributed by atoms with E-state index in [9.17, 15) is 4.79 Å². The highest BCUT2D eigenvalue weighted by Gasteiger charge is 2.01. The van der Waals surface area contributed by atoms with Gasteiger partial charge in [0.2, 0.25) is 5.88 Å². The summed E-state index contributed by atoms with van der Waals surface area (Å²) in [5.74, 6) is -0.656. The number of aliphatic hydroxyl groups excluding tert-OH is 1. The van der Waals surface area contributed by atoms with Gasteiger partial charge in [-0.2, -0.15) is 0 Å². The SMILES string of the molecule is O=C(CO)Oc1cnccn1. The van der Waals surface area contributed by atoms with E-state index in [2.05, 4.69) is 14.7 Å². The van der Waals surface area contributed by atoms with E-state index < -0.39 is 12.6 Å². The summed E-state index contributed by atoms with van der Waals surface area (Å²) in [7, 11) is 0. The van der Waals surface area contributed by atoms with Crippen molar-refractivity contribution in [2.45, 2.75) is 0 Å². The van der Waals surface area contributed by atoms with Crippen LogP contribution in [-0.2, 0) is 4.79 Å². The summed E-state index contributed by atoms with van der Waals surface area (Å²) in [4.78, 5) is 17.7. The van der Waals surface area contributed by atoms with Crippen LogP contribution >= 0.6 is 0 Å². The number of aliphatic hydroxyl groups is 1. The maximum atomic E-state index is 10.4. The third kappa shape index (κ3) is 2.30. The van der Waals surface area contributed by atoms with Crippen LogP contribution in [0.5, 0.6) is 5.88 Å². The number of carbonyl (C=O) groups is 1. The average molecular weight is 154 g/mol. The van der Waals surface area contributed by atoms with Crippen LogP contribution in [0.1, 0.15) is 0 Å². The van der Waals surface area contributed by atoms with E-state index in [0.29, 0.717) is 0 Å². The third-order valence-corrected chi connectivity index (χ3v) is 0.887. The Morgan fingerprint density at radius 2 is 2.45 bits per heavy atom. The van der Waals surface area contributed by atoms with E-state index in [1.807, 2.05) is 0 Å². The second-order valence-electron chi connectivity index (χ2n) is 1.68. The first-order chi connectivity index (χ1) is 5.33. The van der Waals surface area contributed by atoms with Gasteiger partial charge in [-0.3, -0.25) is 4.98 Å². The lowest BCUT2D eigenvalue weighted by atomic mass is 10.7. The van der Waals surface area contributed by atoms with Crippen LogP contribution in [0.3, 0.4) is 0 Å². The minimum atomic E-state index is -0.745. The Morgan fingerprint density at radius 1 is 1.64 bits per heavy atom. The molecule has 0 spiro atoms. The molecule has 1 aromatic heterocycles. The largest absolute Gasteiger partial charge is 0.404 e. The molecule has 0 aliphatic rings. The van der Waals surface area contributed by atoms with Gasteiger partial charge >= 0.3 is 5.97 Å². The first kappa shape index (κ1) is 7.62. The average Bonchev–Trinajstić information content (AvgIpc) is 2.06. The monoisotopic (exact) mass is 154 g/mol. The molecule has 58 valence electrons. The molecule has 0 aromatic carbocycles. The van der Waals surface area contributed by atoms with Crippen molar-refractivity contribution in [2.75, 3.05) is 6.61 Å². The molecule has 0 atom stereocenters. The van der Waals surface area contributed by atoms with Gasteiger partial charge < -0.3 is 9.84 Å². The molecule has 0 saturated carbocycles. The summed E-state index contributed by atoms with van der Waals surface area (Å²) in [6, 6.07) is 0. The van der Waals surface area contributed by atoms with Crippen molar-refractivity contribution in [2.24, 2.45) is 0 Å². The number of hydrogen-bond donors (Lipinski definition) is 1. The van der Waals surface area contributed by atoms with Crippen LogP contribution in [0.25, 0.3) is 0 Å². The van der Waals surface area contributed by atoms with E-state index in [1.165, 1.54) is 18.6 Å². The molecule has 0 aliphatic carbocycles. The lowest BCUT2D eigenvalue weighted by Gasteiger charge is -1.97. The van der Waals surface area contributed by atoms with Gasteiger partial charge in [0.05, 0.1) is 6.20 Å². The van der Waals surface area contributed by atoms with Gasteiger partial charge in [0.15, 0.2) is 0 Å². The predicted octanol–water partition coefficient (Wildman–Crippen LogP) is -0.626. The highest BCUT2D eigenvalue weighted by atomic mass is 16.6. The van der Waals surface area contributed by atoms with E-state index in [0.717, 1.165) is 0 Å². The highest BCUT2D eigenvalue weighted by Crippen LogP contribution is 1.99. The second kappa shape index (κ2) is 3.62. The number of rotatable bonds is 2. The third-order valence-electron chi connectivity index (χ3n) is 0.887. The summed E-state index contributed by atoms with van der Waals surface area (Å²) < 4.78 is 4.50. The van der Waals surface area contributed by atoms with Crippen molar-refractivity contribution in [1.82, 2.24) is 9.97 Å². The van der Waals surface area contributed by atoms with E-state index in [4.69, 9.17) is 5.11 Å². The molecule has 1 heterocycles. The van der Waals surface area contributed by atoms with Crippen molar-refractivity contribution in [1.29, 1.82) is 0 Å². The zero-order chi connectivity index (χ0) is 8.10. The Bertz CT molecular complexity index is 237. The van der Waals surface area contributed by atoms with Gasteiger partial charge in [-0.1, -0.05) is 0 Å². The summed E-state index contributed by atoms with van der Waals surface area (Å²) in [5.41, 5.74) is 0. The molecule has 0 bridgehead atoms. The van der Waals surface area contributed by atoms with Crippen molar-refractivity contribution in [3.05, 3.63) is 18.6 Å². The smallest absolute Gasteiger partial charge is 0.338 e. The molecular formula is C6H6N2O3. The summed E-state index contributed by atoms with van der Waals surface area (Å²) in [5, 5.41) is 8.27. The molecule has 0 saturated heterocycles. The van der Waals surface area contributed by atoms with Gasteiger partial charge in [-0.05, 0) is 0 Å². The zero-order valence-corrected chi connectivity index (χ0v) is 5.60. The second-order valence-corrected chi connectivity index (χ2v) is 1.68. The Kier molecular flexibility index (Phi) is 2.51. The van der Waals surface area contributed by atoms with Gasteiger partial charge in [-0.15, -0.1) is 0 Å². The molecule has 1 aromatic rings. The molecule has 1 rings (SSSR count). The summed E-state index contributed by atoms with van der Waals surface area (Å²) in [6.07, 6.45) is 4.13. The van der Waals surface area contributed by atoms with E-state index in [1.54, 1.807) is 0 Å². The van der Waals surface area contributed by atoms with Crippen molar-refractivity contribution in [3.63, 3.8) is 0 Å². The van der Waals surface area contributed by atoms with Crippen LogP contribution in [0, 0.1) is 0 Å². The van der Waals surface area contributed by atoms with Crippen molar-refractivity contribution in [3.8, 4) is 5.88 Å². The lowest BCUT2D eigenvalue weighted by molar-refractivity contribution is -0.137. The molecule has 0 aliphatic heterocycles. The Labute approximate surface area is 62.7 Å². The fourth-order valence-electron chi connectivity index (χ4n) is 0.487. The van der Waals surface area contributed by atoms with Crippen molar-refractivity contribution >= 4 is 5.97 Å². The summed E-state index contributed by atoms with van der Waals surface area (Å²) in [6.45, 7) is -0.656. The molecule has 0 unspecified atom stereocenters. The Balaban J connectivity index is 2.58. The van der Waals surface area contributed by atoms with E-state index >= 15 is 0 Å². The fourth-order valence-corrected chi connectivity index (χ4v) is 0.487. The minimum absolute atomic E-state index is 0.0894. The molecule has 0 radical (unpaired) electrons. The minimum Gasteiger partial charge on any atom is -0.404 e. The normalized spacial score (nSPS) is 9.18. The number of aromatic nitrogens is 2. The molecule has 0 fully saturated rings. The first-order valence-corrected chi connectivity index (χ1v) is 2.90.